The summed E-state index contributed by atoms with van der Waals surface area (Å²) >= 11 is 4.75. The Balaban J connectivity index is 1.59. The number of rotatable bonds is 6. The fraction of sp³-hybridized carbons (Fsp3) is 0.100. The van der Waals surface area contributed by atoms with E-state index < -0.39 is 11.8 Å². The molecule has 1 aliphatic heterocycles. The molecule has 1 heterocycles. The van der Waals surface area contributed by atoms with Crippen molar-refractivity contribution >= 4 is 46.8 Å². The van der Waals surface area contributed by atoms with Crippen LogP contribution in [0.15, 0.2) is 54.1 Å². The molecule has 148 valence electrons. The summed E-state index contributed by atoms with van der Waals surface area (Å²) in [5.41, 5.74) is 1.11. The molecule has 0 bridgehead atoms. The zero-order chi connectivity index (χ0) is 20.8. The summed E-state index contributed by atoms with van der Waals surface area (Å²) in [5.74, 6) is -0.456. The lowest BCUT2D eigenvalue weighted by atomic mass is 10.1. The van der Waals surface area contributed by atoms with E-state index in [0.717, 1.165) is 0 Å². The number of para-hydroxylation sites is 2. The molecule has 3 rings (SSSR count). The van der Waals surface area contributed by atoms with Crippen molar-refractivity contribution in [3.8, 4) is 11.5 Å². The first-order chi connectivity index (χ1) is 14.0. The van der Waals surface area contributed by atoms with Gasteiger partial charge in [-0.25, -0.2) is 0 Å². The van der Waals surface area contributed by atoms with Gasteiger partial charge in [0.2, 0.25) is 0 Å². The quantitative estimate of drug-likeness (QED) is 0.379. The Morgan fingerprint density at radius 3 is 2.38 bits per heavy atom. The molecule has 0 aliphatic carbocycles. The lowest BCUT2D eigenvalue weighted by Gasteiger charge is -2.16. The number of methoxy groups -OCH3 is 1. The second-order valence-corrected chi connectivity index (χ2v) is 6.31. The van der Waals surface area contributed by atoms with Crippen molar-refractivity contribution in [3.63, 3.8) is 0 Å². The average molecular weight is 411 g/mol. The van der Waals surface area contributed by atoms with Crippen LogP contribution in [-0.2, 0) is 14.4 Å². The minimum absolute atomic E-state index is 0.0210. The number of carbonyl (C=O) groups excluding carboxylic acids is 3. The van der Waals surface area contributed by atoms with Crippen molar-refractivity contribution in [3.05, 3.63) is 59.7 Å². The first-order valence-electron chi connectivity index (χ1n) is 8.50. The zero-order valence-electron chi connectivity index (χ0n) is 15.4. The Bertz CT molecular complexity index is 979. The van der Waals surface area contributed by atoms with Gasteiger partial charge in [0.1, 0.15) is 17.1 Å². The maximum absolute atomic E-state index is 12.1. The topological polar surface area (TPSA) is 106 Å². The van der Waals surface area contributed by atoms with Gasteiger partial charge in [-0.3, -0.25) is 25.0 Å². The van der Waals surface area contributed by atoms with E-state index in [1.54, 1.807) is 48.5 Å². The lowest BCUT2D eigenvalue weighted by Crippen LogP contribution is -2.51. The van der Waals surface area contributed by atoms with Crippen LogP contribution in [0.1, 0.15) is 5.56 Å². The Kier molecular flexibility index (Phi) is 6.20. The third-order valence-corrected chi connectivity index (χ3v) is 4.09. The number of hydrogen-bond donors (Lipinski definition) is 3. The van der Waals surface area contributed by atoms with Crippen LogP contribution in [0.25, 0.3) is 6.08 Å². The first-order valence-corrected chi connectivity index (χ1v) is 8.91. The summed E-state index contributed by atoms with van der Waals surface area (Å²) in [5, 5.41) is 7.42. The van der Waals surface area contributed by atoms with Crippen molar-refractivity contribution in [2.45, 2.75) is 0 Å². The van der Waals surface area contributed by atoms with E-state index in [1.165, 1.54) is 13.2 Å². The number of thiocarbonyl (C=S) groups is 1. The largest absolute Gasteiger partial charge is 0.495 e. The molecule has 0 unspecified atom stereocenters. The van der Waals surface area contributed by atoms with Crippen molar-refractivity contribution in [2.24, 2.45) is 0 Å². The predicted octanol–water partition coefficient (Wildman–Crippen LogP) is 1.63. The van der Waals surface area contributed by atoms with Crippen molar-refractivity contribution in [2.75, 3.05) is 19.0 Å². The van der Waals surface area contributed by atoms with E-state index >= 15 is 0 Å². The summed E-state index contributed by atoms with van der Waals surface area (Å²) in [7, 11) is 1.52. The van der Waals surface area contributed by atoms with Gasteiger partial charge in [0.05, 0.1) is 12.8 Å². The monoisotopic (exact) mass is 411 g/mol. The molecule has 0 spiro atoms. The number of hydrogen-bond acceptors (Lipinski definition) is 6. The van der Waals surface area contributed by atoms with E-state index in [9.17, 15) is 14.4 Å². The molecule has 0 atom stereocenters. The van der Waals surface area contributed by atoms with Gasteiger partial charge in [0.15, 0.2) is 11.7 Å². The van der Waals surface area contributed by atoms with E-state index in [1.807, 2.05) is 0 Å². The van der Waals surface area contributed by atoms with Gasteiger partial charge in [0.25, 0.3) is 17.7 Å². The number of anilines is 1. The molecule has 2 aromatic carbocycles. The fourth-order valence-corrected chi connectivity index (χ4v) is 2.70. The van der Waals surface area contributed by atoms with E-state index in [-0.39, 0.29) is 23.2 Å². The number of carbonyl (C=O) groups is 3. The number of nitrogens with one attached hydrogen (secondary N) is 3. The summed E-state index contributed by atoms with van der Waals surface area (Å²) in [6.07, 6.45) is 1.44. The third-order valence-electron chi connectivity index (χ3n) is 3.89. The van der Waals surface area contributed by atoms with Gasteiger partial charge in [0, 0.05) is 0 Å². The van der Waals surface area contributed by atoms with Crippen LogP contribution < -0.4 is 25.4 Å². The highest BCUT2D eigenvalue weighted by Crippen LogP contribution is 2.23. The summed E-state index contributed by atoms with van der Waals surface area (Å²) in [6.45, 7) is -0.194. The Hall–Kier alpha value is -3.72. The molecule has 0 aromatic heterocycles. The molecule has 3 amide bonds. The van der Waals surface area contributed by atoms with Crippen LogP contribution in [0.4, 0.5) is 5.69 Å². The maximum atomic E-state index is 12.1. The molecule has 29 heavy (non-hydrogen) atoms. The van der Waals surface area contributed by atoms with Crippen LogP contribution in [0, 0.1) is 0 Å². The smallest absolute Gasteiger partial charge is 0.263 e. The molecule has 1 aliphatic rings. The highest BCUT2D eigenvalue weighted by molar-refractivity contribution is 7.80. The number of benzene rings is 2. The standard InChI is InChI=1S/C20H17N3O5S/c1-27-16-5-3-2-4-15(16)21-17(24)11-28-13-8-6-12(7-9-13)10-14-18(25)22-20(29)23-19(14)26/h2-10H,11H2,1H3,(H,21,24)(H2,22,23,25,26,29). The molecule has 3 N–H and O–H groups in total. The summed E-state index contributed by atoms with van der Waals surface area (Å²) < 4.78 is 10.6. The van der Waals surface area contributed by atoms with Crippen LogP contribution in [0.3, 0.4) is 0 Å². The molecular weight excluding hydrogens is 394 g/mol. The molecule has 0 radical (unpaired) electrons. The third kappa shape index (κ3) is 5.17. The lowest BCUT2D eigenvalue weighted by molar-refractivity contribution is -0.123. The second kappa shape index (κ2) is 8.98. The molecular formula is C20H17N3O5S. The van der Waals surface area contributed by atoms with E-state index in [4.69, 9.17) is 21.7 Å². The SMILES string of the molecule is COc1ccccc1NC(=O)COc1ccc(C=C2C(=O)NC(=S)NC2=O)cc1. The molecule has 9 heteroatoms. The Morgan fingerprint density at radius 1 is 1.07 bits per heavy atom. The van der Waals surface area contributed by atoms with E-state index in [0.29, 0.717) is 22.7 Å². The van der Waals surface area contributed by atoms with Crippen molar-refractivity contribution in [1.29, 1.82) is 0 Å². The number of amides is 3. The molecule has 1 fully saturated rings. The maximum Gasteiger partial charge on any atom is 0.263 e. The minimum Gasteiger partial charge on any atom is -0.495 e. The Morgan fingerprint density at radius 2 is 1.72 bits per heavy atom. The minimum atomic E-state index is -0.563. The van der Waals surface area contributed by atoms with Crippen molar-refractivity contribution < 1.29 is 23.9 Å². The van der Waals surface area contributed by atoms with Crippen molar-refractivity contribution in [1.82, 2.24) is 10.6 Å². The van der Waals surface area contributed by atoms with Crippen LogP contribution in [-0.4, -0.2) is 36.6 Å². The fourth-order valence-electron chi connectivity index (χ4n) is 2.52. The highest BCUT2D eigenvalue weighted by Gasteiger charge is 2.25. The first kappa shape index (κ1) is 20.0. The van der Waals surface area contributed by atoms with Gasteiger partial charge in [-0.1, -0.05) is 24.3 Å². The summed E-state index contributed by atoms with van der Waals surface area (Å²) in [6, 6.07) is 13.6. The normalized spacial score (nSPS) is 13.3. The zero-order valence-corrected chi connectivity index (χ0v) is 16.2. The average Bonchev–Trinajstić information content (AvgIpc) is 2.70. The van der Waals surface area contributed by atoms with Gasteiger partial charge >= 0.3 is 0 Å². The Labute approximate surface area is 171 Å². The van der Waals surface area contributed by atoms with Crippen LogP contribution >= 0.6 is 12.2 Å². The van der Waals surface area contributed by atoms with Gasteiger partial charge < -0.3 is 14.8 Å². The second-order valence-electron chi connectivity index (χ2n) is 5.90. The molecule has 0 saturated carbocycles. The van der Waals surface area contributed by atoms with Gasteiger partial charge in [-0.2, -0.15) is 0 Å². The molecule has 1 saturated heterocycles. The predicted molar refractivity (Wildman–Crippen MR) is 110 cm³/mol. The van der Waals surface area contributed by atoms with Gasteiger partial charge in [-0.05, 0) is 48.1 Å². The number of ether oxygens (including phenoxy) is 2. The van der Waals surface area contributed by atoms with Crippen LogP contribution in [0.2, 0.25) is 0 Å². The molecule has 8 nitrogen and oxygen atoms in total. The van der Waals surface area contributed by atoms with E-state index in [2.05, 4.69) is 16.0 Å². The highest BCUT2D eigenvalue weighted by atomic mass is 32.1. The van der Waals surface area contributed by atoms with Crippen LogP contribution in [0.5, 0.6) is 11.5 Å². The van der Waals surface area contributed by atoms with Gasteiger partial charge in [-0.15, -0.1) is 0 Å². The summed E-state index contributed by atoms with van der Waals surface area (Å²) in [4.78, 5) is 35.8. The molecule has 2 aromatic rings.